The van der Waals surface area contributed by atoms with Crippen molar-refractivity contribution in [2.24, 2.45) is 0 Å². The topological polar surface area (TPSA) is 54.1 Å². The van der Waals surface area contributed by atoms with Crippen LogP contribution in [0.25, 0.3) is 10.9 Å². The maximum Gasteiger partial charge on any atom is 0.322 e. The number of esters is 1. The lowest BCUT2D eigenvalue weighted by Gasteiger charge is -2.11. The van der Waals surface area contributed by atoms with E-state index in [1.165, 1.54) is 0 Å². The summed E-state index contributed by atoms with van der Waals surface area (Å²) in [5.41, 5.74) is 2.09. The number of fused-ring (bicyclic) bond motifs is 1. The Labute approximate surface area is 117 Å². The van der Waals surface area contributed by atoms with Gasteiger partial charge in [-0.2, -0.15) is 0 Å². The van der Waals surface area contributed by atoms with Gasteiger partial charge in [-0.15, -0.1) is 0 Å². The predicted molar refractivity (Wildman–Crippen MR) is 76.2 cm³/mol. The molecule has 0 radical (unpaired) electrons. The number of rotatable bonds is 5. The van der Waals surface area contributed by atoms with E-state index in [1.807, 2.05) is 24.4 Å². The molecular weight excluding hydrogens is 264 g/mol. The number of carbonyl (C=O) groups excluding carboxylic acids is 1. The van der Waals surface area contributed by atoms with Crippen LogP contribution in [0.5, 0.6) is 0 Å². The molecule has 0 spiro atoms. The van der Waals surface area contributed by atoms with E-state index >= 15 is 0 Å². The monoisotopic (exact) mass is 280 g/mol. The van der Waals surface area contributed by atoms with Gasteiger partial charge in [0.1, 0.15) is 6.04 Å². The van der Waals surface area contributed by atoms with Gasteiger partial charge in [0, 0.05) is 28.7 Å². The molecule has 4 nitrogen and oxygen atoms in total. The molecule has 102 valence electrons. The number of hydrogen-bond acceptors (Lipinski definition) is 3. The molecule has 0 aliphatic carbocycles. The van der Waals surface area contributed by atoms with Crippen molar-refractivity contribution >= 4 is 28.5 Å². The largest absolute Gasteiger partial charge is 0.465 e. The van der Waals surface area contributed by atoms with Crippen LogP contribution in [0.1, 0.15) is 19.4 Å². The summed E-state index contributed by atoms with van der Waals surface area (Å²) >= 11 is 5.93. The Bertz CT molecular complexity index is 580. The third-order valence-corrected chi connectivity index (χ3v) is 3.20. The normalized spacial score (nSPS) is 12.6. The summed E-state index contributed by atoms with van der Waals surface area (Å²) in [6.45, 7) is 4.59. The average Bonchev–Trinajstić information content (AvgIpc) is 2.78. The number of H-pyrrole nitrogens is 1. The molecule has 1 aromatic carbocycles. The summed E-state index contributed by atoms with van der Waals surface area (Å²) in [6.07, 6.45) is 1.92. The van der Waals surface area contributed by atoms with Gasteiger partial charge >= 0.3 is 5.97 Å². The molecule has 0 saturated heterocycles. The van der Waals surface area contributed by atoms with Crippen LogP contribution in [0.4, 0.5) is 0 Å². The number of aromatic nitrogens is 1. The Kier molecular flexibility index (Phi) is 4.45. The van der Waals surface area contributed by atoms with Gasteiger partial charge in [0.25, 0.3) is 0 Å². The van der Waals surface area contributed by atoms with Crippen LogP contribution in [0.15, 0.2) is 24.4 Å². The quantitative estimate of drug-likeness (QED) is 0.828. The minimum atomic E-state index is -0.322. The molecule has 1 atom stereocenters. The third kappa shape index (κ3) is 3.28. The highest BCUT2D eigenvalue weighted by atomic mass is 35.5. The van der Waals surface area contributed by atoms with Gasteiger partial charge in [-0.3, -0.25) is 4.79 Å². The van der Waals surface area contributed by atoms with E-state index in [9.17, 15) is 4.79 Å². The molecule has 1 aromatic heterocycles. The first-order valence-corrected chi connectivity index (χ1v) is 6.65. The Morgan fingerprint density at radius 1 is 1.53 bits per heavy atom. The summed E-state index contributed by atoms with van der Waals surface area (Å²) in [4.78, 5) is 14.7. The summed E-state index contributed by atoms with van der Waals surface area (Å²) in [6, 6.07) is 5.39. The summed E-state index contributed by atoms with van der Waals surface area (Å²) in [7, 11) is 0. The summed E-state index contributed by atoms with van der Waals surface area (Å²) in [5, 5.41) is 4.96. The fourth-order valence-electron chi connectivity index (χ4n) is 1.92. The zero-order valence-corrected chi connectivity index (χ0v) is 11.8. The predicted octanol–water partition coefficient (Wildman–Crippen LogP) is 2.86. The van der Waals surface area contributed by atoms with E-state index < -0.39 is 0 Å². The molecular formula is C14H17ClN2O2. The van der Waals surface area contributed by atoms with E-state index in [0.717, 1.165) is 16.5 Å². The highest BCUT2D eigenvalue weighted by Crippen LogP contribution is 2.21. The maximum absolute atomic E-state index is 11.5. The Morgan fingerprint density at radius 2 is 2.32 bits per heavy atom. The molecule has 0 aliphatic rings. The van der Waals surface area contributed by atoms with Gasteiger partial charge in [-0.1, -0.05) is 17.7 Å². The molecule has 0 fully saturated rings. The zero-order chi connectivity index (χ0) is 13.8. The van der Waals surface area contributed by atoms with E-state index in [2.05, 4.69) is 10.3 Å². The Balaban J connectivity index is 2.04. The van der Waals surface area contributed by atoms with Crippen LogP contribution in [-0.4, -0.2) is 23.6 Å². The van der Waals surface area contributed by atoms with Gasteiger partial charge in [0.15, 0.2) is 0 Å². The lowest BCUT2D eigenvalue weighted by molar-refractivity contribution is -0.145. The fourth-order valence-corrected chi connectivity index (χ4v) is 2.09. The van der Waals surface area contributed by atoms with Crippen molar-refractivity contribution in [3.05, 3.63) is 35.0 Å². The molecule has 19 heavy (non-hydrogen) atoms. The molecule has 2 rings (SSSR count). The van der Waals surface area contributed by atoms with E-state index in [-0.39, 0.29) is 12.0 Å². The maximum atomic E-state index is 11.5. The molecule has 0 aliphatic heterocycles. The molecule has 2 aromatic rings. The third-order valence-electron chi connectivity index (χ3n) is 2.97. The van der Waals surface area contributed by atoms with Crippen LogP contribution in [-0.2, 0) is 16.1 Å². The molecule has 5 heteroatoms. The first-order chi connectivity index (χ1) is 9.11. The fraction of sp³-hybridized carbons (Fsp3) is 0.357. The number of ether oxygens (including phenoxy) is 1. The van der Waals surface area contributed by atoms with Crippen molar-refractivity contribution in [1.82, 2.24) is 10.3 Å². The summed E-state index contributed by atoms with van der Waals surface area (Å²) < 4.78 is 4.95. The van der Waals surface area contributed by atoms with Crippen molar-refractivity contribution in [2.75, 3.05) is 6.61 Å². The second-order valence-corrected chi connectivity index (χ2v) is 4.79. The smallest absolute Gasteiger partial charge is 0.322 e. The summed E-state index contributed by atoms with van der Waals surface area (Å²) in [5.74, 6) is -0.231. The molecule has 1 unspecified atom stereocenters. The molecule has 0 saturated carbocycles. The number of carbonyl (C=O) groups is 1. The number of hydrogen-bond donors (Lipinski definition) is 2. The minimum absolute atomic E-state index is 0.231. The molecule has 2 N–H and O–H groups in total. The van der Waals surface area contributed by atoms with E-state index in [1.54, 1.807) is 13.8 Å². The van der Waals surface area contributed by atoms with Crippen LogP contribution in [0.3, 0.4) is 0 Å². The molecule has 0 bridgehead atoms. The van der Waals surface area contributed by atoms with Gasteiger partial charge in [0.2, 0.25) is 0 Å². The highest BCUT2D eigenvalue weighted by molar-refractivity contribution is 6.31. The zero-order valence-electron chi connectivity index (χ0n) is 11.0. The lowest BCUT2D eigenvalue weighted by Crippen LogP contribution is -2.34. The lowest BCUT2D eigenvalue weighted by atomic mass is 10.1. The number of halogens is 1. The first kappa shape index (κ1) is 13.9. The van der Waals surface area contributed by atoms with E-state index in [4.69, 9.17) is 16.3 Å². The Morgan fingerprint density at radius 3 is 3.05 bits per heavy atom. The number of nitrogens with one attached hydrogen (secondary N) is 2. The first-order valence-electron chi connectivity index (χ1n) is 6.27. The van der Waals surface area contributed by atoms with E-state index in [0.29, 0.717) is 18.2 Å². The van der Waals surface area contributed by atoms with Gasteiger partial charge < -0.3 is 15.0 Å². The van der Waals surface area contributed by atoms with Crippen LogP contribution < -0.4 is 5.32 Å². The average molecular weight is 281 g/mol. The second-order valence-electron chi connectivity index (χ2n) is 4.36. The van der Waals surface area contributed by atoms with Crippen LogP contribution >= 0.6 is 11.6 Å². The van der Waals surface area contributed by atoms with Crippen molar-refractivity contribution in [3.63, 3.8) is 0 Å². The molecule has 1 heterocycles. The van der Waals surface area contributed by atoms with Gasteiger partial charge in [0.05, 0.1) is 6.61 Å². The number of aromatic amines is 1. The minimum Gasteiger partial charge on any atom is -0.465 e. The van der Waals surface area contributed by atoms with Crippen molar-refractivity contribution < 1.29 is 9.53 Å². The standard InChI is InChI=1S/C14H17ClN2O2/c1-3-19-14(18)9(2)16-7-10-8-17-13-6-11(15)4-5-12(10)13/h4-6,8-9,16-17H,3,7H2,1-2H3. The van der Waals surface area contributed by atoms with Crippen LogP contribution in [0, 0.1) is 0 Å². The number of benzene rings is 1. The van der Waals surface area contributed by atoms with Gasteiger partial charge in [-0.05, 0) is 31.5 Å². The van der Waals surface area contributed by atoms with Gasteiger partial charge in [-0.25, -0.2) is 0 Å². The van der Waals surface area contributed by atoms with Crippen molar-refractivity contribution in [1.29, 1.82) is 0 Å². The highest BCUT2D eigenvalue weighted by Gasteiger charge is 2.13. The van der Waals surface area contributed by atoms with Crippen molar-refractivity contribution in [3.8, 4) is 0 Å². The SMILES string of the molecule is CCOC(=O)C(C)NCc1c[nH]c2cc(Cl)ccc12. The van der Waals surface area contributed by atoms with Crippen molar-refractivity contribution in [2.45, 2.75) is 26.4 Å². The second kappa shape index (κ2) is 6.08. The molecule has 0 amide bonds. The Hall–Kier alpha value is -1.52. The van der Waals surface area contributed by atoms with Crippen LogP contribution in [0.2, 0.25) is 5.02 Å².